The van der Waals surface area contributed by atoms with E-state index in [0.29, 0.717) is 16.6 Å². The molecule has 1 amide bonds. The van der Waals surface area contributed by atoms with Gasteiger partial charge in [-0.3, -0.25) is 4.79 Å². The molecule has 0 heterocycles. The Morgan fingerprint density at radius 3 is 2.74 bits per heavy atom. The number of unbranched alkanes of at least 4 members (excludes halogenated alkanes) is 3. The molecule has 2 nitrogen and oxygen atoms in total. The predicted octanol–water partition coefficient (Wildman–Crippen LogP) is 4.24. The number of rotatable bonds is 8. The summed E-state index contributed by atoms with van der Waals surface area (Å²) in [5.41, 5.74) is 0.364. The first-order valence-electron chi connectivity index (χ1n) is 6.37. The van der Waals surface area contributed by atoms with Gasteiger partial charge in [0.25, 0.3) is 5.91 Å². The Hall–Kier alpha value is -0.550. The molecule has 0 saturated heterocycles. The zero-order chi connectivity index (χ0) is 14.1. The highest BCUT2D eigenvalue weighted by Crippen LogP contribution is 2.16. The van der Waals surface area contributed by atoms with Crippen molar-refractivity contribution in [1.29, 1.82) is 0 Å². The lowest BCUT2D eigenvalue weighted by Crippen LogP contribution is -2.24. The first-order valence-corrected chi connectivity index (χ1v) is 8.56. The van der Waals surface area contributed by atoms with Gasteiger partial charge in [-0.15, -0.1) is 0 Å². The summed E-state index contributed by atoms with van der Waals surface area (Å²) in [5, 5.41) is 2.81. The Bertz CT molecular complexity index is 414. The van der Waals surface area contributed by atoms with Crippen molar-refractivity contribution in [3.05, 3.63) is 34.1 Å². The van der Waals surface area contributed by atoms with E-state index < -0.39 is 5.82 Å². The molecule has 0 radical (unpaired) electrons. The van der Waals surface area contributed by atoms with Crippen molar-refractivity contribution >= 4 is 33.6 Å². The molecule has 0 aromatic heterocycles. The molecular weight excluding hydrogens is 329 g/mol. The van der Waals surface area contributed by atoms with Gasteiger partial charge in [-0.05, 0) is 59.0 Å². The molecule has 1 rings (SSSR count). The number of carbonyl (C=O) groups excluding carboxylic acids is 1. The van der Waals surface area contributed by atoms with Gasteiger partial charge in [0, 0.05) is 12.1 Å². The van der Waals surface area contributed by atoms with E-state index in [2.05, 4.69) is 27.5 Å². The molecule has 0 aliphatic heterocycles. The molecule has 5 heteroatoms. The minimum atomic E-state index is -0.412. The number of carbonyl (C=O) groups is 1. The lowest BCUT2D eigenvalue weighted by atomic mass is 10.2. The normalized spacial score (nSPS) is 10.5. The summed E-state index contributed by atoms with van der Waals surface area (Å²) >= 11 is 4.92. The summed E-state index contributed by atoms with van der Waals surface area (Å²) < 4.78 is 13.6. The summed E-state index contributed by atoms with van der Waals surface area (Å²) in [6.07, 6.45) is 6.63. The van der Waals surface area contributed by atoms with Gasteiger partial charge in [0.1, 0.15) is 5.82 Å². The predicted molar refractivity (Wildman–Crippen MR) is 83.3 cm³/mol. The van der Waals surface area contributed by atoms with E-state index in [0.717, 1.165) is 12.8 Å². The number of hydrogen-bond donors (Lipinski definition) is 1. The summed E-state index contributed by atoms with van der Waals surface area (Å²) in [6, 6.07) is 4.41. The molecule has 106 valence electrons. The van der Waals surface area contributed by atoms with E-state index in [1.54, 1.807) is 12.1 Å². The van der Waals surface area contributed by atoms with Crippen LogP contribution in [0.4, 0.5) is 4.39 Å². The second-order valence-electron chi connectivity index (χ2n) is 4.29. The zero-order valence-electron chi connectivity index (χ0n) is 11.0. The van der Waals surface area contributed by atoms with Gasteiger partial charge < -0.3 is 5.32 Å². The van der Waals surface area contributed by atoms with Gasteiger partial charge in [0.15, 0.2) is 0 Å². The molecule has 0 unspecified atom stereocenters. The van der Waals surface area contributed by atoms with Gasteiger partial charge in [-0.1, -0.05) is 12.8 Å². The molecule has 19 heavy (non-hydrogen) atoms. The van der Waals surface area contributed by atoms with E-state index in [4.69, 9.17) is 0 Å². The standard InChI is InChI=1S/C14H19BrFNOS/c1-19-9-5-3-2-4-8-17-14(18)11-6-7-12(15)13(16)10-11/h6-7,10H,2-5,8-9H2,1H3,(H,17,18). The van der Waals surface area contributed by atoms with E-state index in [1.807, 2.05) is 11.8 Å². The second kappa shape index (κ2) is 9.37. The maximum atomic E-state index is 13.3. The van der Waals surface area contributed by atoms with E-state index in [-0.39, 0.29) is 5.91 Å². The number of thioether (sulfide) groups is 1. The monoisotopic (exact) mass is 347 g/mol. The average molecular weight is 348 g/mol. The van der Waals surface area contributed by atoms with Gasteiger partial charge in [-0.25, -0.2) is 4.39 Å². The Morgan fingerprint density at radius 2 is 2.05 bits per heavy atom. The fraction of sp³-hybridized carbons (Fsp3) is 0.500. The van der Waals surface area contributed by atoms with E-state index in [1.165, 1.54) is 24.7 Å². The minimum absolute atomic E-state index is 0.212. The molecule has 0 aliphatic rings. The zero-order valence-corrected chi connectivity index (χ0v) is 13.4. The fourth-order valence-electron chi connectivity index (χ4n) is 1.67. The Morgan fingerprint density at radius 1 is 1.32 bits per heavy atom. The van der Waals surface area contributed by atoms with Crippen LogP contribution in [-0.4, -0.2) is 24.5 Å². The van der Waals surface area contributed by atoms with Crippen LogP contribution in [0.25, 0.3) is 0 Å². The largest absolute Gasteiger partial charge is 0.352 e. The number of hydrogen-bond acceptors (Lipinski definition) is 2. The lowest BCUT2D eigenvalue weighted by molar-refractivity contribution is 0.0952. The van der Waals surface area contributed by atoms with E-state index >= 15 is 0 Å². The summed E-state index contributed by atoms with van der Waals surface area (Å²) in [6.45, 7) is 0.649. The van der Waals surface area contributed by atoms with Crippen molar-refractivity contribution in [2.75, 3.05) is 18.6 Å². The van der Waals surface area contributed by atoms with Crippen LogP contribution >= 0.6 is 27.7 Å². The number of halogens is 2. The van der Waals surface area contributed by atoms with Crippen LogP contribution < -0.4 is 5.32 Å². The number of benzene rings is 1. The van der Waals surface area contributed by atoms with Crippen LogP contribution in [0.1, 0.15) is 36.0 Å². The smallest absolute Gasteiger partial charge is 0.251 e. The number of amides is 1. The maximum Gasteiger partial charge on any atom is 0.251 e. The third-order valence-corrected chi connectivity index (χ3v) is 4.08. The summed E-state index contributed by atoms with van der Waals surface area (Å²) in [5.74, 6) is 0.574. The minimum Gasteiger partial charge on any atom is -0.352 e. The molecule has 0 fully saturated rings. The highest BCUT2D eigenvalue weighted by Gasteiger charge is 2.07. The first-order chi connectivity index (χ1) is 9.15. The Labute approximate surface area is 126 Å². The molecule has 0 atom stereocenters. The highest BCUT2D eigenvalue weighted by molar-refractivity contribution is 9.10. The maximum absolute atomic E-state index is 13.3. The van der Waals surface area contributed by atoms with Crippen molar-refractivity contribution in [2.45, 2.75) is 25.7 Å². The summed E-state index contributed by atoms with van der Waals surface area (Å²) in [4.78, 5) is 11.7. The van der Waals surface area contributed by atoms with Crippen LogP contribution in [0.5, 0.6) is 0 Å². The number of nitrogens with one attached hydrogen (secondary N) is 1. The van der Waals surface area contributed by atoms with Gasteiger partial charge in [0.2, 0.25) is 0 Å². The van der Waals surface area contributed by atoms with Gasteiger partial charge in [-0.2, -0.15) is 11.8 Å². The molecule has 0 saturated carbocycles. The topological polar surface area (TPSA) is 29.1 Å². The van der Waals surface area contributed by atoms with Crippen molar-refractivity contribution in [3.8, 4) is 0 Å². The van der Waals surface area contributed by atoms with Crippen LogP contribution in [0.2, 0.25) is 0 Å². The quantitative estimate of drug-likeness (QED) is 0.712. The first kappa shape index (κ1) is 16.5. The average Bonchev–Trinajstić information content (AvgIpc) is 2.40. The third-order valence-electron chi connectivity index (χ3n) is 2.74. The molecule has 0 bridgehead atoms. The second-order valence-corrected chi connectivity index (χ2v) is 6.13. The van der Waals surface area contributed by atoms with Crippen LogP contribution in [0.3, 0.4) is 0 Å². The summed E-state index contributed by atoms with van der Waals surface area (Å²) in [7, 11) is 0. The molecule has 1 N–H and O–H groups in total. The van der Waals surface area contributed by atoms with E-state index in [9.17, 15) is 9.18 Å². The third kappa shape index (κ3) is 6.43. The fourth-order valence-corrected chi connectivity index (χ4v) is 2.41. The molecule has 0 spiro atoms. The van der Waals surface area contributed by atoms with Crippen molar-refractivity contribution in [2.24, 2.45) is 0 Å². The van der Waals surface area contributed by atoms with Crippen molar-refractivity contribution in [3.63, 3.8) is 0 Å². The molecule has 1 aromatic carbocycles. The Kier molecular flexibility index (Phi) is 8.14. The van der Waals surface area contributed by atoms with Crippen LogP contribution in [0.15, 0.2) is 22.7 Å². The van der Waals surface area contributed by atoms with Crippen LogP contribution in [-0.2, 0) is 0 Å². The van der Waals surface area contributed by atoms with Gasteiger partial charge >= 0.3 is 0 Å². The van der Waals surface area contributed by atoms with Crippen molar-refractivity contribution in [1.82, 2.24) is 5.32 Å². The van der Waals surface area contributed by atoms with Crippen molar-refractivity contribution < 1.29 is 9.18 Å². The lowest BCUT2D eigenvalue weighted by Gasteiger charge is -2.06. The molecule has 1 aromatic rings. The molecule has 0 aliphatic carbocycles. The SMILES string of the molecule is CSCCCCCCNC(=O)c1ccc(Br)c(F)c1. The van der Waals surface area contributed by atoms with Gasteiger partial charge in [0.05, 0.1) is 4.47 Å². The Balaban J connectivity index is 2.22. The highest BCUT2D eigenvalue weighted by atomic mass is 79.9. The molecular formula is C14H19BrFNOS. The van der Waals surface area contributed by atoms with Crippen LogP contribution in [0, 0.1) is 5.82 Å².